The summed E-state index contributed by atoms with van der Waals surface area (Å²) in [5.41, 5.74) is 2.19. The van der Waals surface area contributed by atoms with Gasteiger partial charge in [0.05, 0.1) is 6.54 Å². The zero-order valence-corrected chi connectivity index (χ0v) is 13.8. The molecule has 1 aromatic carbocycles. The molecule has 8 heteroatoms. The Kier molecular flexibility index (Phi) is 4.37. The topological polar surface area (TPSA) is 78.2 Å². The van der Waals surface area contributed by atoms with Crippen LogP contribution < -0.4 is 10.2 Å². The van der Waals surface area contributed by atoms with E-state index in [2.05, 4.69) is 9.69 Å². The second-order valence-electron chi connectivity index (χ2n) is 5.01. The maximum absolute atomic E-state index is 11.6. The van der Waals surface area contributed by atoms with Crippen molar-refractivity contribution in [2.75, 3.05) is 23.4 Å². The van der Waals surface area contributed by atoms with Crippen molar-refractivity contribution in [3.05, 3.63) is 40.5 Å². The van der Waals surface area contributed by atoms with Crippen LogP contribution in [0.2, 0.25) is 5.15 Å². The molecule has 3 rings (SSSR count). The minimum absolute atomic E-state index is 0.0294. The van der Waals surface area contributed by atoms with Gasteiger partial charge in [-0.05, 0) is 36.2 Å². The monoisotopic (exact) mass is 348 g/mol. The third kappa shape index (κ3) is 3.09. The van der Waals surface area contributed by atoms with Crippen molar-refractivity contribution in [1.82, 2.24) is 4.37 Å². The molecule has 1 aliphatic rings. The van der Waals surface area contributed by atoms with Gasteiger partial charge in [0.2, 0.25) is 0 Å². The van der Waals surface area contributed by atoms with E-state index >= 15 is 0 Å². The first-order valence-corrected chi connectivity index (χ1v) is 8.11. The summed E-state index contributed by atoms with van der Waals surface area (Å²) in [5.74, 6) is 0. The number of hydrogen-bond donors (Lipinski definition) is 1. The maximum Gasteiger partial charge on any atom is 0.414 e. The van der Waals surface area contributed by atoms with Crippen molar-refractivity contribution in [3.8, 4) is 6.07 Å². The molecule has 1 saturated heterocycles. The van der Waals surface area contributed by atoms with Crippen LogP contribution in [0.5, 0.6) is 0 Å². The van der Waals surface area contributed by atoms with Crippen molar-refractivity contribution >= 4 is 39.9 Å². The number of rotatable bonds is 4. The Morgan fingerprint density at radius 1 is 1.48 bits per heavy atom. The lowest BCUT2D eigenvalue weighted by Crippen LogP contribution is -2.23. The fourth-order valence-electron chi connectivity index (χ4n) is 2.32. The summed E-state index contributed by atoms with van der Waals surface area (Å²) in [4.78, 5) is 13.1. The molecule has 1 N–H and O–H groups in total. The molecule has 2 aromatic rings. The third-order valence-electron chi connectivity index (χ3n) is 3.58. The van der Waals surface area contributed by atoms with Crippen LogP contribution >= 0.6 is 23.1 Å². The smallest absolute Gasteiger partial charge is 0.414 e. The van der Waals surface area contributed by atoms with Crippen molar-refractivity contribution in [2.45, 2.75) is 13.0 Å². The number of ether oxygens (including phenoxy) is 1. The van der Waals surface area contributed by atoms with Crippen LogP contribution in [0.25, 0.3) is 0 Å². The van der Waals surface area contributed by atoms with E-state index in [4.69, 9.17) is 21.6 Å². The molecule has 1 atom stereocenters. The Morgan fingerprint density at radius 2 is 2.22 bits per heavy atom. The number of anilines is 2. The van der Waals surface area contributed by atoms with Gasteiger partial charge in [-0.15, -0.1) is 0 Å². The molecule has 0 saturated carbocycles. The van der Waals surface area contributed by atoms with Gasteiger partial charge in [-0.2, -0.15) is 9.64 Å². The zero-order chi connectivity index (χ0) is 16.4. The molecule has 0 aliphatic carbocycles. The Balaban J connectivity index is 1.74. The van der Waals surface area contributed by atoms with Crippen LogP contribution in [0.4, 0.5) is 15.5 Å². The third-order valence-corrected chi connectivity index (χ3v) is 4.73. The standard InChI is InChI=1S/C15H13ClN4O2S/c1-9(18-14-12(8-17)13(16)19-23-14)10-2-4-11(5-3-10)20-6-7-22-15(20)21/h2-5,9,18H,6-7H2,1H3/t9-/m1/s1. The molecule has 1 aliphatic heterocycles. The Hall–Kier alpha value is -2.30. The lowest BCUT2D eigenvalue weighted by atomic mass is 10.1. The Bertz CT molecular complexity index is 769. The molecule has 1 aromatic heterocycles. The van der Waals surface area contributed by atoms with E-state index in [0.29, 0.717) is 23.7 Å². The summed E-state index contributed by atoms with van der Waals surface area (Å²) in [6, 6.07) is 9.65. The Labute approximate surface area is 142 Å². The number of aromatic nitrogens is 1. The van der Waals surface area contributed by atoms with Gasteiger partial charge in [0.1, 0.15) is 23.2 Å². The fraction of sp³-hybridized carbons (Fsp3) is 0.267. The van der Waals surface area contributed by atoms with Gasteiger partial charge < -0.3 is 10.1 Å². The first kappa shape index (κ1) is 15.6. The molecule has 6 nitrogen and oxygen atoms in total. The first-order chi connectivity index (χ1) is 11.1. The lowest BCUT2D eigenvalue weighted by molar-refractivity contribution is 0.181. The van der Waals surface area contributed by atoms with E-state index in [1.165, 1.54) is 0 Å². The van der Waals surface area contributed by atoms with Gasteiger partial charge in [-0.1, -0.05) is 23.7 Å². The number of hydrogen-bond acceptors (Lipinski definition) is 6. The Morgan fingerprint density at radius 3 is 2.83 bits per heavy atom. The lowest BCUT2D eigenvalue weighted by Gasteiger charge is -2.17. The van der Waals surface area contributed by atoms with E-state index in [1.54, 1.807) is 4.90 Å². The molecule has 0 unspecified atom stereocenters. The molecule has 0 radical (unpaired) electrons. The zero-order valence-electron chi connectivity index (χ0n) is 12.2. The molecular weight excluding hydrogens is 336 g/mol. The quantitative estimate of drug-likeness (QED) is 0.909. The highest BCUT2D eigenvalue weighted by atomic mass is 35.5. The SMILES string of the molecule is C[C@@H](Nc1snc(Cl)c1C#N)c1ccc(N2CCOC2=O)cc1. The number of nitrogens with one attached hydrogen (secondary N) is 1. The van der Waals surface area contributed by atoms with Gasteiger partial charge in [-0.3, -0.25) is 4.90 Å². The largest absolute Gasteiger partial charge is 0.447 e. The second-order valence-corrected chi connectivity index (χ2v) is 6.14. The summed E-state index contributed by atoms with van der Waals surface area (Å²) in [7, 11) is 0. The van der Waals surface area contributed by atoms with Crippen molar-refractivity contribution < 1.29 is 9.53 Å². The normalized spacial score (nSPS) is 15.2. The molecule has 0 spiro atoms. The summed E-state index contributed by atoms with van der Waals surface area (Å²) in [5, 5.41) is 13.2. The molecule has 1 amide bonds. The van der Waals surface area contributed by atoms with Crippen LogP contribution in [0.3, 0.4) is 0 Å². The number of carbonyl (C=O) groups is 1. The average Bonchev–Trinajstić information content (AvgIpc) is 3.13. The van der Waals surface area contributed by atoms with Crippen LogP contribution in [0, 0.1) is 11.3 Å². The molecule has 1 fully saturated rings. The van der Waals surface area contributed by atoms with Gasteiger partial charge in [0.25, 0.3) is 0 Å². The molecule has 118 valence electrons. The van der Waals surface area contributed by atoms with Gasteiger partial charge in [0, 0.05) is 11.7 Å². The minimum Gasteiger partial charge on any atom is -0.447 e. The molecule has 2 heterocycles. The molecule has 23 heavy (non-hydrogen) atoms. The summed E-state index contributed by atoms with van der Waals surface area (Å²) >= 11 is 7.03. The molecule has 0 bridgehead atoms. The number of carbonyl (C=O) groups excluding carboxylic acids is 1. The van der Waals surface area contributed by atoms with Crippen molar-refractivity contribution in [3.63, 3.8) is 0 Å². The van der Waals surface area contributed by atoms with Crippen LogP contribution in [-0.2, 0) is 4.74 Å². The van der Waals surface area contributed by atoms with E-state index in [0.717, 1.165) is 22.8 Å². The highest BCUT2D eigenvalue weighted by Gasteiger charge is 2.23. The number of nitriles is 1. The van der Waals surface area contributed by atoms with Gasteiger partial charge in [-0.25, -0.2) is 4.79 Å². The van der Waals surface area contributed by atoms with E-state index in [1.807, 2.05) is 37.3 Å². The number of benzene rings is 1. The van der Waals surface area contributed by atoms with E-state index in [9.17, 15) is 4.79 Å². The van der Waals surface area contributed by atoms with E-state index < -0.39 is 0 Å². The van der Waals surface area contributed by atoms with Crippen LogP contribution in [0.1, 0.15) is 24.1 Å². The second kappa shape index (κ2) is 6.44. The van der Waals surface area contributed by atoms with Gasteiger partial charge in [0.15, 0.2) is 5.15 Å². The van der Waals surface area contributed by atoms with Crippen LogP contribution in [-0.4, -0.2) is 23.6 Å². The maximum atomic E-state index is 11.6. The summed E-state index contributed by atoms with van der Waals surface area (Å²) in [6.45, 7) is 2.96. The average molecular weight is 349 g/mol. The molecular formula is C15H13ClN4O2S. The van der Waals surface area contributed by atoms with Gasteiger partial charge >= 0.3 is 6.09 Å². The highest BCUT2D eigenvalue weighted by Crippen LogP contribution is 2.31. The van der Waals surface area contributed by atoms with Crippen LogP contribution in [0.15, 0.2) is 24.3 Å². The number of nitrogens with zero attached hydrogens (tertiary/aromatic N) is 3. The van der Waals surface area contributed by atoms with Crippen molar-refractivity contribution in [2.24, 2.45) is 0 Å². The predicted molar refractivity (Wildman–Crippen MR) is 89.0 cm³/mol. The highest BCUT2D eigenvalue weighted by molar-refractivity contribution is 7.10. The first-order valence-electron chi connectivity index (χ1n) is 6.96. The fourth-order valence-corrected chi connectivity index (χ4v) is 3.34. The predicted octanol–water partition coefficient (Wildman–Crippen LogP) is 3.80. The number of halogens is 1. The number of cyclic esters (lactones) is 1. The summed E-state index contributed by atoms with van der Waals surface area (Å²) < 4.78 is 8.90. The summed E-state index contributed by atoms with van der Waals surface area (Å²) in [6.07, 6.45) is -0.318. The van der Waals surface area contributed by atoms with Crippen molar-refractivity contribution in [1.29, 1.82) is 5.26 Å². The van der Waals surface area contributed by atoms with E-state index in [-0.39, 0.29) is 17.3 Å². The minimum atomic E-state index is -0.318. The number of amides is 1.